The van der Waals surface area contributed by atoms with Crippen LogP contribution in [0.4, 0.5) is 34.1 Å². The number of hydrogen-bond donors (Lipinski definition) is 0. The molecule has 0 radical (unpaired) electrons. The highest BCUT2D eigenvalue weighted by Crippen LogP contribution is 2.68. The summed E-state index contributed by atoms with van der Waals surface area (Å²) in [7, 11) is 0. The first-order valence-electron chi connectivity index (χ1n) is 28.5. The van der Waals surface area contributed by atoms with Gasteiger partial charge in [0.25, 0.3) is 6.71 Å². The van der Waals surface area contributed by atoms with E-state index in [9.17, 15) is 0 Å². The van der Waals surface area contributed by atoms with Crippen molar-refractivity contribution in [1.82, 2.24) is 0 Å². The Bertz CT molecular complexity index is 3870. The van der Waals surface area contributed by atoms with E-state index in [0.717, 1.165) is 16.9 Å². The van der Waals surface area contributed by atoms with Crippen LogP contribution in [0.1, 0.15) is 158 Å². The van der Waals surface area contributed by atoms with Gasteiger partial charge in [-0.1, -0.05) is 141 Å². The number of fused-ring (bicyclic) bond motifs is 13. The van der Waals surface area contributed by atoms with Gasteiger partial charge in [0.2, 0.25) is 0 Å². The van der Waals surface area contributed by atoms with Crippen molar-refractivity contribution in [3.63, 3.8) is 0 Å². The molecule has 1 spiro atoms. The van der Waals surface area contributed by atoms with Crippen LogP contribution in [-0.2, 0) is 21.7 Å². The molecule has 3 nitrogen and oxygen atoms in total. The van der Waals surface area contributed by atoms with Gasteiger partial charge in [0.1, 0.15) is 5.58 Å². The van der Waals surface area contributed by atoms with E-state index in [1.54, 1.807) is 11.1 Å². The third-order valence-corrected chi connectivity index (χ3v) is 21.8. The molecule has 0 N–H and O–H groups in total. The Morgan fingerprint density at radius 2 is 1.26 bits per heavy atom. The molecule has 0 atom stereocenters. The molecule has 9 aromatic rings. The molecule has 16 rings (SSSR count). The Hall–Kier alpha value is -6.04. The maximum absolute atomic E-state index is 7.11. The van der Waals surface area contributed by atoms with E-state index in [2.05, 4.69) is 197 Å². The van der Waals surface area contributed by atoms with E-state index < -0.39 is 0 Å². The topological polar surface area (TPSA) is 19.6 Å². The summed E-state index contributed by atoms with van der Waals surface area (Å²) in [6.45, 7) is 17.3. The fourth-order valence-corrected chi connectivity index (χ4v) is 18.1. The van der Waals surface area contributed by atoms with Gasteiger partial charge in [0.05, 0.1) is 11.4 Å². The number of nitrogens with zero attached hydrogens (tertiary/aromatic N) is 2. The lowest BCUT2D eigenvalue weighted by Gasteiger charge is -2.45. The molecule has 2 aromatic heterocycles. The van der Waals surface area contributed by atoms with Crippen molar-refractivity contribution < 1.29 is 4.42 Å². The van der Waals surface area contributed by atoms with Crippen molar-refractivity contribution in [3.05, 3.63) is 161 Å². The normalized spacial score (nSPS) is 22.9. The van der Waals surface area contributed by atoms with Crippen LogP contribution in [0.2, 0.25) is 0 Å². The monoisotopic (exact) mass is 983 g/mol. The summed E-state index contributed by atoms with van der Waals surface area (Å²) >= 11 is 2.06. The van der Waals surface area contributed by atoms with Gasteiger partial charge in [-0.3, -0.25) is 0 Å². The van der Waals surface area contributed by atoms with Crippen molar-refractivity contribution in [2.45, 2.75) is 147 Å². The Kier molecular flexibility index (Phi) is 9.03. The lowest BCUT2D eigenvalue weighted by atomic mass is 9.36. The molecule has 0 unspecified atom stereocenters. The second kappa shape index (κ2) is 15.1. The summed E-state index contributed by atoms with van der Waals surface area (Å²) in [6.07, 6.45) is 14.3. The third kappa shape index (κ3) is 5.81. The van der Waals surface area contributed by atoms with Crippen LogP contribution in [0, 0.1) is 11.8 Å². The molecule has 5 aliphatic carbocycles. The fourth-order valence-electron chi connectivity index (χ4n) is 16.8. The molecule has 2 bridgehead atoms. The summed E-state index contributed by atoms with van der Waals surface area (Å²) < 4.78 is 9.95. The minimum Gasteiger partial charge on any atom is -0.454 e. The first-order chi connectivity index (χ1) is 35.8. The van der Waals surface area contributed by atoms with E-state index in [1.807, 2.05) is 0 Å². The molecule has 3 saturated carbocycles. The van der Waals surface area contributed by atoms with Crippen LogP contribution in [0.15, 0.2) is 132 Å². The molecule has 5 heteroatoms. The average Bonchev–Trinajstić information content (AvgIpc) is 4.23. The second-order valence-electron chi connectivity index (χ2n) is 26.4. The summed E-state index contributed by atoms with van der Waals surface area (Å²) in [6, 6.07) is 51.2. The van der Waals surface area contributed by atoms with E-state index in [0.29, 0.717) is 17.8 Å². The highest BCUT2D eigenvalue weighted by molar-refractivity contribution is 7.33. The smallest absolute Gasteiger partial charge is 0.264 e. The van der Waals surface area contributed by atoms with E-state index in [1.165, 1.54) is 169 Å². The van der Waals surface area contributed by atoms with Gasteiger partial charge in [-0.15, -0.1) is 11.3 Å². The Morgan fingerprint density at radius 3 is 2.03 bits per heavy atom. The SMILES string of the molecule is CC(C)(C)c1cc2c3c(c1)N(c1cccc4c1oc1ccccc14)c1c(sc4cc5c(cc14)C(C)(C)CCC5(C)C)B3c1ccc(C3CCCCC3)cc1N2c1ccc2c(c1)C1(c3ccccc3-2)C2CCC1CC2. The van der Waals surface area contributed by atoms with Crippen LogP contribution < -0.4 is 25.5 Å². The van der Waals surface area contributed by atoms with Gasteiger partial charge >= 0.3 is 0 Å². The Balaban J connectivity index is 1.02. The van der Waals surface area contributed by atoms with E-state index in [-0.39, 0.29) is 28.4 Å². The van der Waals surface area contributed by atoms with Crippen molar-refractivity contribution in [2.75, 3.05) is 9.80 Å². The largest absolute Gasteiger partial charge is 0.454 e. The van der Waals surface area contributed by atoms with Gasteiger partial charge in [-0.2, -0.15) is 0 Å². The molecular weight excluding hydrogens is 916 g/mol. The minimum atomic E-state index is -0.133. The van der Waals surface area contributed by atoms with Gasteiger partial charge < -0.3 is 14.2 Å². The van der Waals surface area contributed by atoms with E-state index >= 15 is 0 Å². The quantitative estimate of drug-likeness (QED) is 0.165. The van der Waals surface area contributed by atoms with Crippen LogP contribution in [0.5, 0.6) is 0 Å². The zero-order chi connectivity index (χ0) is 49.8. The zero-order valence-corrected chi connectivity index (χ0v) is 45.2. The third-order valence-electron chi connectivity index (χ3n) is 20.6. The molecular formula is C69H67BN2OS. The summed E-state index contributed by atoms with van der Waals surface area (Å²) in [5.41, 5.74) is 24.6. The average molecular weight is 983 g/mol. The first-order valence-corrected chi connectivity index (χ1v) is 29.3. The van der Waals surface area contributed by atoms with Crippen LogP contribution in [0.25, 0.3) is 43.2 Å². The molecule has 0 amide bonds. The number of anilines is 6. The van der Waals surface area contributed by atoms with Gasteiger partial charge in [0.15, 0.2) is 5.58 Å². The number of hydrogen-bond acceptors (Lipinski definition) is 4. The molecule has 3 fully saturated rings. The number of benzene rings is 7. The van der Waals surface area contributed by atoms with Crippen molar-refractivity contribution in [1.29, 1.82) is 0 Å². The predicted octanol–water partition coefficient (Wildman–Crippen LogP) is 17.7. The molecule has 0 saturated heterocycles. The van der Waals surface area contributed by atoms with Gasteiger partial charge in [0, 0.05) is 53.8 Å². The number of furan rings is 1. The highest BCUT2D eigenvalue weighted by Gasteiger charge is 2.60. The second-order valence-corrected chi connectivity index (χ2v) is 27.4. The molecule has 4 heterocycles. The van der Waals surface area contributed by atoms with Gasteiger partial charge in [-0.25, -0.2) is 0 Å². The molecule has 7 aliphatic rings. The van der Waals surface area contributed by atoms with Crippen LogP contribution in [0.3, 0.4) is 0 Å². The summed E-state index contributed by atoms with van der Waals surface area (Å²) in [5, 5.41) is 3.70. The molecule has 2 aliphatic heterocycles. The molecule has 7 aromatic carbocycles. The lowest BCUT2D eigenvalue weighted by molar-refractivity contribution is 0.332. The Labute approximate surface area is 442 Å². The van der Waals surface area contributed by atoms with Gasteiger partial charge in [-0.05, 0) is 195 Å². The first kappa shape index (κ1) is 44.3. The van der Waals surface area contributed by atoms with E-state index in [4.69, 9.17) is 4.42 Å². The fraction of sp³-hybridized carbons (Fsp3) is 0.362. The lowest BCUT2D eigenvalue weighted by Crippen LogP contribution is -2.60. The summed E-state index contributed by atoms with van der Waals surface area (Å²) in [4.78, 5) is 5.48. The zero-order valence-electron chi connectivity index (χ0n) is 44.4. The number of rotatable bonds is 3. The molecule has 74 heavy (non-hydrogen) atoms. The highest BCUT2D eigenvalue weighted by atomic mass is 32.1. The maximum Gasteiger partial charge on any atom is 0.264 e. The standard InChI is InChI=1S/C69H67BN2OS/c1-66(2,3)44-35-58-62-59(36-44)72(56-22-15-20-49-48-19-12-14-23-60(48)73-64(49)56)63-50-38-53-54(68(6,7)33-32-67(53,4)5)39-61(50)74-65(63)70(62)55-31-24-41(40-16-9-8-10-17-40)34-57(55)71(58)45-29-30-47-46-18-11-13-21-51(46)69(52(47)37-45)42-25-26-43(69)28-27-42/h11-15,18-24,29-31,34-40,42-43H,8-10,16-17,25-28,32-33H2,1-7H3. The van der Waals surface area contributed by atoms with Crippen LogP contribution >= 0.6 is 11.3 Å². The number of thiophene rings is 1. The minimum absolute atomic E-state index is 0.0490. The number of para-hydroxylation sites is 2. The van der Waals surface area contributed by atoms with Crippen molar-refractivity contribution in [3.8, 4) is 11.1 Å². The maximum atomic E-state index is 7.11. The Morgan fingerprint density at radius 1 is 0.568 bits per heavy atom. The summed E-state index contributed by atoms with van der Waals surface area (Å²) in [5.74, 6) is 1.98. The van der Waals surface area contributed by atoms with Crippen molar-refractivity contribution in [2.24, 2.45) is 11.8 Å². The molecule has 368 valence electrons. The predicted molar refractivity (Wildman–Crippen MR) is 315 cm³/mol. The van der Waals surface area contributed by atoms with Crippen LogP contribution in [-0.4, -0.2) is 6.71 Å². The van der Waals surface area contributed by atoms with Crippen molar-refractivity contribution >= 4 is 99.9 Å².